The lowest BCUT2D eigenvalue weighted by Crippen LogP contribution is -2.55. The molecule has 2 aliphatic heterocycles. The largest absolute Gasteiger partial charge is 0.481 e. The number of hydrogen-bond acceptors (Lipinski definition) is 6. The van der Waals surface area contributed by atoms with E-state index >= 15 is 0 Å². The minimum absolute atomic E-state index is 0.105. The number of nitrogens with zero attached hydrogens (tertiary/aromatic N) is 5. The van der Waals surface area contributed by atoms with Crippen LogP contribution in [0.3, 0.4) is 0 Å². The van der Waals surface area contributed by atoms with Gasteiger partial charge in [0, 0.05) is 62.0 Å². The molecular weight excluding hydrogens is 404 g/mol. The number of likely N-dealkylation sites (tertiary alicyclic amines) is 1. The summed E-state index contributed by atoms with van der Waals surface area (Å²) in [5.74, 6) is -2.49. The molecule has 2 aromatic heterocycles. The Labute approximate surface area is 179 Å². The molecule has 31 heavy (non-hydrogen) atoms. The van der Waals surface area contributed by atoms with Crippen LogP contribution in [0.4, 0.5) is 14.6 Å². The first-order valence-corrected chi connectivity index (χ1v) is 10.2. The SMILES string of the molecule is COc1cc(C(F)(F)CCC(=O)N2CC3CCC(C2)N3c2ccc(C#N)cn2)ccn1. The molecule has 0 saturated carbocycles. The predicted octanol–water partition coefficient (Wildman–Crippen LogP) is 3.11. The fourth-order valence-electron chi connectivity index (χ4n) is 4.40. The van der Waals surface area contributed by atoms with Crippen LogP contribution < -0.4 is 9.64 Å². The lowest BCUT2D eigenvalue weighted by Gasteiger charge is -2.42. The highest BCUT2D eigenvalue weighted by molar-refractivity contribution is 5.77. The van der Waals surface area contributed by atoms with Gasteiger partial charge < -0.3 is 14.5 Å². The Morgan fingerprint density at radius 1 is 1.26 bits per heavy atom. The number of methoxy groups -OCH3 is 1. The number of aromatic nitrogens is 2. The van der Waals surface area contributed by atoms with Gasteiger partial charge in [0.15, 0.2) is 0 Å². The zero-order valence-corrected chi connectivity index (χ0v) is 17.2. The van der Waals surface area contributed by atoms with E-state index in [1.54, 1.807) is 17.2 Å². The number of pyridine rings is 2. The highest BCUT2D eigenvalue weighted by atomic mass is 19.3. The molecule has 2 aliphatic rings. The Kier molecular flexibility index (Phi) is 5.72. The highest BCUT2D eigenvalue weighted by Crippen LogP contribution is 2.36. The number of amides is 1. The van der Waals surface area contributed by atoms with Gasteiger partial charge in [-0.15, -0.1) is 0 Å². The maximum atomic E-state index is 14.6. The molecule has 0 aromatic carbocycles. The lowest BCUT2D eigenvalue weighted by atomic mass is 10.0. The third-order valence-corrected chi connectivity index (χ3v) is 6.00. The molecular formula is C22H23F2N5O2. The van der Waals surface area contributed by atoms with Crippen LogP contribution in [0.25, 0.3) is 0 Å². The normalized spacial score (nSPS) is 20.5. The Morgan fingerprint density at radius 2 is 2.00 bits per heavy atom. The van der Waals surface area contributed by atoms with E-state index in [0.29, 0.717) is 18.7 Å². The fourth-order valence-corrected chi connectivity index (χ4v) is 4.40. The van der Waals surface area contributed by atoms with Crippen LogP contribution >= 0.6 is 0 Å². The number of alkyl halides is 2. The van der Waals surface area contributed by atoms with E-state index in [0.717, 1.165) is 18.7 Å². The zero-order valence-electron chi connectivity index (χ0n) is 17.2. The number of halogens is 2. The highest BCUT2D eigenvalue weighted by Gasteiger charge is 2.42. The average molecular weight is 427 g/mol. The standard InChI is InChI=1S/C22H23F2N5O2/c1-31-20-10-16(7-9-26-20)22(23,24)8-6-21(30)28-13-17-3-4-18(14-28)29(17)19-5-2-15(11-25)12-27-19/h2,5,7,9-10,12,17-18H,3-4,6,8,13-14H2,1H3. The average Bonchev–Trinajstić information content (AvgIpc) is 3.06. The predicted molar refractivity (Wildman–Crippen MR) is 109 cm³/mol. The van der Waals surface area contributed by atoms with Gasteiger partial charge in [-0.2, -0.15) is 5.26 Å². The van der Waals surface area contributed by atoms with E-state index in [9.17, 15) is 13.6 Å². The van der Waals surface area contributed by atoms with Gasteiger partial charge in [0.2, 0.25) is 11.8 Å². The first kappa shape index (κ1) is 21.0. The maximum Gasteiger partial charge on any atom is 0.274 e. The number of carbonyl (C=O) groups is 1. The Balaban J connectivity index is 1.38. The summed E-state index contributed by atoms with van der Waals surface area (Å²) in [5, 5.41) is 8.95. The number of rotatable bonds is 6. The molecule has 2 bridgehead atoms. The van der Waals surface area contributed by atoms with Crippen molar-refractivity contribution in [2.24, 2.45) is 0 Å². The molecule has 4 rings (SSSR count). The monoisotopic (exact) mass is 427 g/mol. The summed E-state index contributed by atoms with van der Waals surface area (Å²) in [5.41, 5.74) is 0.293. The van der Waals surface area contributed by atoms with Crippen LogP contribution in [0.2, 0.25) is 0 Å². The third-order valence-electron chi connectivity index (χ3n) is 6.00. The number of hydrogen-bond donors (Lipinski definition) is 0. The lowest BCUT2D eigenvalue weighted by molar-refractivity contribution is -0.134. The summed E-state index contributed by atoms with van der Waals surface area (Å²) in [6, 6.07) is 8.27. The number of nitriles is 1. The molecule has 0 aliphatic carbocycles. The molecule has 2 aromatic rings. The summed E-state index contributed by atoms with van der Waals surface area (Å²) in [6.45, 7) is 0.983. The van der Waals surface area contributed by atoms with Gasteiger partial charge in [0.1, 0.15) is 11.9 Å². The first-order valence-electron chi connectivity index (χ1n) is 10.2. The molecule has 2 saturated heterocycles. The molecule has 4 heterocycles. The number of fused-ring (bicyclic) bond motifs is 2. The molecule has 2 unspecified atom stereocenters. The van der Waals surface area contributed by atoms with Crippen LogP contribution in [-0.4, -0.2) is 53.1 Å². The fraction of sp³-hybridized carbons (Fsp3) is 0.455. The van der Waals surface area contributed by atoms with E-state index in [2.05, 4.69) is 20.9 Å². The zero-order chi connectivity index (χ0) is 22.0. The Bertz CT molecular complexity index is 978. The van der Waals surface area contributed by atoms with Gasteiger partial charge in [-0.1, -0.05) is 0 Å². The van der Waals surface area contributed by atoms with Gasteiger partial charge in [0.25, 0.3) is 5.92 Å². The molecule has 2 fully saturated rings. The van der Waals surface area contributed by atoms with Crippen molar-refractivity contribution in [1.29, 1.82) is 5.26 Å². The molecule has 162 valence electrons. The van der Waals surface area contributed by atoms with Crippen molar-refractivity contribution >= 4 is 11.7 Å². The van der Waals surface area contributed by atoms with Crippen molar-refractivity contribution in [3.63, 3.8) is 0 Å². The Morgan fingerprint density at radius 3 is 2.61 bits per heavy atom. The molecule has 0 radical (unpaired) electrons. The van der Waals surface area contributed by atoms with Crippen LogP contribution in [0.15, 0.2) is 36.7 Å². The Hall–Kier alpha value is -3.28. The van der Waals surface area contributed by atoms with E-state index in [-0.39, 0.29) is 35.9 Å². The number of ether oxygens (including phenoxy) is 1. The second kappa shape index (κ2) is 8.46. The van der Waals surface area contributed by atoms with Gasteiger partial charge in [-0.25, -0.2) is 18.7 Å². The minimum atomic E-state index is -3.14. The molecule has 2 atom stereocenters. The van der Waals surface area contributed by atoms with Crippen LogP contribution in [0.1, 0.15) is 36.8 Å². The summed E-state index contributed by atoms with van der Waals surface area (Å²) in [4.78, 5) is 24.9. The maximum absolute atomic E-state index is 14.6. The van der Waals surface area contributed by atoms with Crippen molar-refractivity contribution in [1.82, 2.24) is 14.9 Å². The summed E-state index contributed by atoms with van der Waals surface area (Å²) in [7, 11) is 1.37. The topological polar surface area (TPSA) is 82.4 Å². The van der Waals surface area contributed by atoms with Gasteiger partial charge in [-0.05, 0) is 31.0 Å². The van der Waals surface area contributed by atoms with Crippen LogP contribution in [0, 0.1) is 11.3 Å². The van der Waals surface area contributed by atoms with E-state index in [1.165, 1.54) is 25.4 Å². The second-order valence-electron chi connectivity index (χ2n) is 7.90. The molecule has 9 heteroatoms. The van der Waals surface area contributed by atoms with Gasteiger partial charge in [-0.3, -0.25) is 4.79 Å². The van der Waals surface area contributed by atoms with E-state index < -0.39 is 12.3 Å². The number of carbonyl (C=O) groups excluding carboxylic acids is 1. The van der Waals surface area contributed by atoms with Crippen molar-refractivity contribution in [2.75, 3.05) is 25.1 Å². The van der Waals surface area contributed by atoms with Crippen molar-refractivity contribution in [3.8, 4) is 11.9 Å². The smallest absolute Gasteiger partial charge is 0.274 e. The summed E-state index contributed by atoms with van der Waals surface area (Å²) < 4.78 is 34.2. The molecule has 0 N–H and O–H groups in total. The first-order chi connectivity index (χ1) is 14.9. The van der Waals surface area contributed by atoms with Gasteiger partial charge >= 0.3 is 0 Å². The number of piperazine rings is 1. The van der Waals surface area contributed by atoms with Crippen LogP contribution in [0.5, 0.6) is 5.88 Å². The van der Waals surface area contributed by atoms with Crippen molar-refractivity contribution < 1.29 is 18.3 Å². The van der Waals surface area contributed by atoms with Crippen molar-refractivity contribution in [2.45, 2.75) is 43.7 Å². The third kappa shape index (κ3) is 4.29. The molecule has 0 spiro atoms. The number of anilines is 1. The quantitative estimate of drug-likeness (QED) is 0.705. The minimum Gasteiger partial charge on any atom is -0.481 e. The summed E-state index contributed by atoms with van der Waals surface area (Å²) in [6.07, 6.45) is 3.87. The van der Waals surface area contributed by atoms with E-state index in [1.807, 2.05) is 6.07 Å². The second-order valence-corrected chi connectivity index (χ2v) is 7.90. The van der Waals surface area contributed by atoms with Gasteiger partial charge in [0.05, 0.1) is 12.7 Å². The van der Waals surface area contributed by atoms with Crippen LogP contribution in [-0.2, 0) is 10.7 Å². The molecule has 7 nitrogen and oxygen atoms in total. The van der Waals surface area contributed by atoms with E-state index in [4.69, 9.17) is 10.00 Å². The summed E-state index contributed by atoms with van der Waals surface area (Å²) >= 11 is 0. The van der Waals surface area contributed by atoms with Crippen molar-refractivity contribution in [3.05, 3.63) is 47.8 Å². The molecule has 1 amide bonds.